The van der Waals surface area contributed by atoms with E-state index in [0.717, 1.165) is 0 Å². The van der Waals surface area contributed by atoms with Crippen molar-refractivity contribution in [1.29, 1.82) is 0 Å². The number of carbonyl (C=O) groups is 2. The highest BCUT2D eigenvalue weighted by Crippen LogP contribution is 2.04. The summed E-state index contributed by atoms with van der Waals surface area (Å²) in [6.07, 6.45) is 5.17. The van der Waals surface area contributed by atoms with Gasteiger partial charge in [-0.15, -0.1) is 6.42 Å². The maximum absolute atomic E-state index is 10.7. The minimum Gasteiger partial charge on any atom is -0.480 e. The number of carboxylic acids is 1. The minimum atomic E-state index is -1.06. The van der Waals surface area contributed by atoms with E-state index >= 15 is 0 Å². The Labute approximate surface area is 77.3 Å². The molecule has 4 heteroatoms. The molecular formula is C9H13NO3. The first-order chi connectivity index (χ1) is 5.97. The summed E-state index contributed by atoms with van der Waals surface area (Å²) in [7, 11) is 0. The number of hydrogen-bond acceptors (Lipinski definition) is 2. The van der Waals surface area contributed by atoms with Gasteiger partial charge in [0.25, 0.3) is 5.91 Å². The van der Waals surface area contributed by atoms with Crippen molar-refractivity contribution in [2.45, 2.75) is 26.3 Å². The maximum atomic E-state index is 10.7. The quantitative estimate of drug-likeness (QED) is 0.613. The fourth-order valence-corrected chi connectivity index (χ4v) is 0.893. The summed E-state index contributed by atoms with van der Waals surface area (Å²) in [6.45, 7) is 3.75. The molecule has 1 atom stereocenters. The van der Waals surface area contributed by atoms with Crippen molar-refractivity contribution in [3.63, 3.8) is 0 Å². The summed E-state index contributed by atoms with van der Waals surface area (Å²) in [5.74, 6) is 0.259. The highest BCUT2D eigenvalue weighted by atomic mass is 16.4. The van der Waals surface area contributed by atoms with Gasteiger partial charge in [-0.25, -0.2) is 4.79 Å². The number of rotatable bonds is 4. The average Bonchev–Trinajstić information content (AvgIpc) is 2.02. The predicted molar refractivity (Wildman–Crippen MR) is 47.9 cm³/mol. The molecular weight excluding hydrogens is 170 g/mol. The van der Waals surface area contributed by atoms with E-state index in [1.54, 1.807) is 0 Å². The molecule has 0 unspecified atom stereocenters. The van der Waals surface area contributed by atoms with Crippen molar-refractivity contribution < 1.29 is 14.7 Å². The first-order valence-electron chi connectivity index (χ1n) is 3.97. The molecule has 1 amide bonds. The minimum absolute atomic E-state index is 0.194. The molecule has 0 saturated carbocycles. The smallest absolute Gasteiger partial charge is 0.326 e. The molecule has 0 aromatic rings. The number of carbonyl (C=O) groups excluding carboxylic acids is 1. The molecule has 0 spiro atoms. The fourth-order valence-electron chi connectivity index (χ4n) is 0.893. The Morgan fingerprint density at radius 1 is 1.54 bits per heavy atom. The van der Waals surface area contributed by atoms with E-state index in [-0.39, 0.29) is 5.92 Å². The molecule has 0 aliphatic heterocycles. The van der Waals surface area contributed by atoms with E-state index in [9.17, 15) is 9.59 Å². The molecule has 2 N–H and O–H groups in total. The molecule has 0 fully saturated rings. The summed E-state index contributed by atoms with van der Waals surface area (Å²) in [5.41, 5.74) is 0. The predicted octanol–water partition coefficient (Wildman–Crippen LogP) is 0.235. The summed E-state index contributed by atoms with van der Waals surface area (Å²) in [4.78, 5) is 21.3. The zero-order chi connectivity index (χ0) is 10.4. The molecule has 0 saturated heterocycles. The number of terminal acetylenes is 1. The Morgan fingerprint density at radius 2 is 2.08 bits per heavy atom. The van der Waals surface area contributed by atoms with Crippen LogP contribution in [0.4, 0.5) is 0 Å². The van der Waals surface area contributed by atoms with Crippen LogP contribution in [0.3, 0.4) is 0 Å². The van der Waals surface area contributed by atoms with Crippen molar-refractivity contribution in [1.82, 2.24) is 5.32 Å². The first-order valence-corrected chi connectivity index (χ1v) is 3.97. The second-order valence-electron chi connectivity index (χ2n) is 3.14. The lowest BCUT2D eigenvalue weighted by molar-refractivity contribution is -0.141. The second-order valence-corrected chi connectivity index (χ2v) is 3.14. The normalized spacial score (nSPS) is 11.8. The Morgan fingerprint density at radius 3 is 2.38 bits per heavy atom. The number of carboxylic acid groups (broad SMARTS) is 1. The number of hydrogen-bond donors (Lipinski definition) is 2. The molecule has 72 valence electrons. The van der Waals surface area contributed by atoms with E-state index in [0.29, 0.717) is 6.42 Å². The summed E-state index contributed by atoms with van der Waals surface area (Å²) < 4.78 is 0. The average molecular weight is 183 g/mol. The van der Waals surface area contributed by atoms with Crippen LogP contribution in [-0.4, -0.2) is 23.0 Å². The van der Waals surface area contributed by atoms with Gasteiger partial charge in [0.2, 0.25) is 0 Å². The zero-order valence-corrected chi connectivity index (χ0v) is 7.70. The molecule has 0 aromatic heterocycles. The molecule has 0 rings (SSSR count). The maximum Gasteiger partial charge on any atom is 0.326 e. The molecule has 0 aromatic carbocycles. The summed E-state index contributed by atoms with van der Waals surface area (Å²) in [6, 6.07) is -0.886. The third-order valence-corrected chi connectivity index (χ3v) is 1.44. The Balaban J connectivity index is 4.20. The number of nitrogens with one attached hydrogen (secondary N) is 1. The van der Waals surface area contributed by atoms with Crippen LogP contribution in [0.25, 0.3) is 0 Å². The standard InChI is InChI=1S/C9H13NO3/c1-4-8(11)10-7(9(12)13)5-6(2)3/h1,6-7H,5H2,2-3H3,(H,10,11)(H,12,13)/t7-/m0/s1. The molecule has 0 heterocycles. The molecule has 0 radical (unpaired) electrons. The van der Waals surface area contributed by atoms with Crippen LogP contribution in [0.15, 0.2) is 0 Å². The van der Waals surface area contributed by atoms with Gasteiger partial charge in [-0.1, -0.05) is 13.8 Å². The van der Waals surface area contributed by atoms with Crippen molar-refractivity contribution in [3.05, 3.63) is 0 Å². The highest BCUT2D eigenvalue weighted by Gasteiger charge is 2.19. The molecule has 0 aliphatic carbocycles. The largest absolute Gasteiger partial charge is 0.480 e. The van der Waals surface area contributed by atoms with E-state index in [2.05, 4.69) is 5.32 Å². The zero-order valence-electron chi connectivity index (χ0n) is 7.70. The van der Waals surface area contributed by atoms with Crippen LogP contribution in [0.5, 0.6) is 0 Å². The molecule has 13 heavy (non-hydrogen) atoms. The van der Waals surface area contributed by atoms with Crippen LogP contribution in [-0.2, 0) is 9.59 Å². The lowest BCUT2D eigenvalue weighted by Gasteiger charge is -2.14. The lowest BCUT2D eigenvalue weighted by atomic mass is 10.0. The lowest BCUT2D eigenvalue weighted by Crippen LogP contribution is -2.40. The third kappa shape index (κ3) is 4.86. The second kappa shape index (κ2) is 5.20. The van der Waals surface area contributed by atoms with Gasteiger partial charge in [0.1, 0.15) is 6.04 Å². The van der Waals surface area contributed by atoms with Gasteiger partial charge >= 0.3 is 5.97 Å². The van der Waals surface area contributed by atoms with Crippen molar-refractivity contribution in [3.8, 4) is 12.3 Å². The van der Waals surface area contributed by atoms with Crippen molar-refractivity contribution in [2.24, 2.45) is 5.92 Å². The van der Waals surface area contributed by atoms with Crippen LogP contribution in [0.2, 0.25) is 0 Å². The van der Waals surface area contributed by atoms with E-state index in [1.165, 1.54) is 0 Å². The van der Waals surface area contributed by atoms with Crippen LogP contribution < -0.4 is 5.32 Å². The van der Waals surface area contributed by atoms with Gasteiger partial charge in [-0.05, 0) is 18.3 Å². The van der Waals surface area contributed by atoms with Gasteiger partial charge in [-0.2, -0.15) is 0 Å². The van der Waals surface area contributed by atoms with Gasteiger partial charge in [0, 0.05) is 0 Å². The highest BCUT2D eigenvalue weighted by molar-refractivity contribution is 5.95. The fraction of sp³-hybridized carbons (Fsp3) is 0.556. The van der Waals surface area contributed by atoms with E-state index < -0.39 is 17.9 Å². The monoisotopic (exact) mass is 183 g/mol. The van der Waals surface area contributed by atoms with Gasteiger partial charge in [-0.3, -0.25) is 4.79 Å². The Kier molecular flexibility index (Phi) is 4.60. The third-order valence-electron chi connectivity index (χ3n) is 1.44. The summed E-state index contributed by atoms with van der Waals surface area (Å²) in [5, 5.41) is 10.9. The number of amides is 1. The molecule has 0 aliphatic rings. The Hall–Kier alpha value is -1.50. The van der Waals surface area contributed by atoms with Gasteiger partial charge < -0.3 is 10.4 Å². The van der Waals surface area contributed by atoms with Crippen molar-refractivity contribution >= 4 is 11.9 Å². The van der Waals surface area contributed by atoms with Crippen LogP contribution in [0, 0.1) is 18.3 Å². The number of aliphatic carboxylic acids is 1. The van der Waals surface area contributed by atoms with Crippen LogP contribution in [0.1, 0.15) is 20.3 Å². The SMILES string of the molecule is C#CC(=O)N[C@@H](CC(C)C)C(=O)O. The van der Waals surface area contributed by atoms with Gasteiger partial charge in [0.15, 0.2) is 0 Å². The molecule has 0 bridgehead atoms. The van der Waals surface area contributed by atoms with Crippen molar-refractivity contribution in [2.75, 3.05) is 0 Å². The first kappa shape index (κ1) is 11.5. The van der Waals surface area contributed by atoms with Gasteiger partial charge in [0.05, 0.1) is 0 Å². The Bertz CT molecular complexity index is 240. The molecule has 4 nitrogen and oxygen atoms in total. The topological polar surface area (TPSA) is 66.4 Å². The van der Waals surface area contributed by atoms with E-state index in [4.69, 9.17) is 11.5 Å². The van der Waals surface area contributed by atoms with Crippen LogP contribution >= 0.6 is 0 Å². The van der Waals surface area contributed by atoms with E-state index in [1.807, 2.05) is 19.8 Å². The summed E-state index contributed by atoms with van der Waals surface area (Å²) >= 11 is 0.